The van der Waals surface area contributed by atoms with E-state index >= 15 is 0 Å². The Morgan fingerprint density at radius 3 is 2.42 bits per heavy atom. The van der Waals surface area contributed by atoms with E-state index in [1.54, 1.807) is 24.3 Å². The van der Waals surface area contributed by atoms with E-state index in [0.717, 1.165) is 11.1 Å². The Balaban J connectivity index is 2.60. The molecule has 0 saturated heterocycles. The van der Waals surface area contributed by atoms with Crippen molar-refractivity contribution in [3.05, 3.63) is 78.4 Å². The number of hydrogen-bond donors (Lipinski definition) is 1. The van der Waals surface area contributed by atoms with Crippen LogP contribution in [0.1, 0.15) is 17.5 Å². The molecule has 1 aromatic rings. The van der Waals surface area contributed by atoms with Crippen LogP contribution in [0, 0.1) is 0 Å². The largest absolute Gasteiger partial charge is 0.465 e. The van der Waals surface area contributed by atoms with Gasteiger partial charge in [-0.05, 0) is 17.5 Å². The number of benzene rings is 1. The highest BCUT2D eigenvalue weighted by Gasteiger charge is 2.54. The predicted molar refractivity (Wildman–Crippen MR) is 94.9 cm³/mol. The van der Waals surface area contributed by atoms with E-state index in [4.69, 9.17) is 4.55 Å². The Bertz CT molecular complexity index is 822. The summed E-state index contributed by atoms with van der Waals surface area (Å²) in [5.41, 5.74) is 2.09. The van der Waals surface area contributed by atoms with E-state index in [1.807, 2.05) is 18.2 Å². The fourth-order valence-electron chi connectivity index (χ4n) is 1.68. The van der Waals surface area contributed by atoms with Crippen molar-refractivity contribution in [2.75, 3.05) is 0 Å². The Kier molecular flexibility index (Phi) is 7.60. The normalized spacial score (nSPS) is 12.4. The number of carbonyl (C=O) groups is 1. The molecule has 0 saturated carbocycles. The first-order chi connectivity index (χ1) is 12.1. The van der Waals surface area contributed by atoms with Gasteiger partial charge in [0.15, 0.2) is 0 Å². The first-order valence-electron chi connectivity index (χ1n) is 7.32. The summed E-state index contributed by atoms with van der Waals surface area (Å²) in [6.07, 6.45) is 9.60. The summed E-state index contributed by atoms with van der Waals surface area (Å²) in [7, 11) is -5.87. The van der Waals surface area contributed by atoms with Crippen LogP contribution in [0.3, 0.4) is 0 Å². The number of ether oxygens (including phenoxy) is 1. The molecule has 0 radical (unpaired) electrons. The third kappa shape index (κ3) is 6.38. The van der Waals surface area contributed by atoms with Crippen LogP contribution in [0.15, 0.2) is 67.3 Å². The van der Waals surface area contributed by atoms with E-state index < -0.39 is 27.9 Å². The van der Waals surface area contributed by atoms with Gasteiger partial charge in [0.25, 0.3) is 0 Å². The third-order valence-corrected chi connectivity index (χ3v) is 3.88. The molecule has 0 unspecified atom stereocenters. The van der Waals surface area contributed by atoms with Crippen LogP contribution in [-0.2, 0) is 26.3 Å². The molecular formula is C18H18F2O5S. The molecule has 0 aliphatic rings. The fraction of sp³-hybridized carbons (Fsp3) is 0.167. The van der Waals surface area contributed by atoms with Crippen molar-refractivity contribution < 1.29 is 31.3 Å². The number of rotatable bonds is 9. The minimum atomic E-state index is -5.87. The van der Waals surface area contributed by atoms with Gasteiger partial charge in [0.1, 0.15) is 6.61 Å². The molecule has 0 aliphatic carbocycles. The molecule has 0 heterocycles. The number of esters is 1. The minimum Gasteiger partial charge on any atom is -0.455 e. The summed E-state index contributed by atoms with van der Waals surface area (Å²) in [6, 6.07) is 6.40. The highest BCUT2D eigenvalue weighted by molar-refractivity contribution is 7.87. The van der Waals surface area contributed by atoms with Crippen LogP contribution >= 0.6 is 0 Å². The van der Waals surface area contributed by atoms with Gasteiger partial charge in [-0.25, -0.2) is 4.79 Å². The van der Waals surface area contributed by atoms with Gasteiger partial charge in [-0.1, -0.05) is 73.4 Å². The lowest BCUT2D eigenvalue weighted by molar-refractivity contribution is -0.162. The highest BCUT2D eigenvalue weighted by atomic mass is 32.2. The molecule has 1 N–H and O–H groups in total. The number of allylic oxidation sites excluding steroid dienone is 5. The fourth-order valence-corrected chi connectivity index (χ4v) is 1.95. The van der Waals surface area contributed by atoms with Gasteiger partial charge in [-0.3, -0.25) is 4.55 Å². The van der Waals surface area contributed by atoms with Crippen molar-refractivity contribution in [1.82, 2.24) is 0 Å². The van der Waals surface area contributed by atoms with Gasteiger partial charge in [-0.2, -0.15) is 17.2 Å². The van der Waals surface area contributed by atoms with Crippen LogP contribution in [0.25, 0.3) is 6.08 Å². The average Bonchev–Trinajstić information content (AvgIpc) is 2.57. The van der Waals surface area contributed by atoms with E-state index in [0.29, 0.717) is 12.0 Å². The second kappa shape index (κ2) is 9.21. The van der Waals surface area contributed by atoms with Gasteiger partial charge in [0.2, 0.25) is 0 Å². The Morgan fingerprint density at radius 2 is 1.88 bits per heavy atom. The lowest BCUT2D eigenvalue weighted by atomic mass is 10.1. The Morgan fingerprint density at radius 1 is 1.27 bits per heavy atom. The summed E-state index contributed by atoms with van der Waals surface area (Å²) in [4.78, 5) is 11.1. The first kappa shape index (κ1) is 21.5. The van der Waals surface area contributed by atoms with Crippen molar-refractivity contribution in [2.45, 2.75) is 18.3 Å². The zero-order valence-corrected chi connectivity index (χ0v) is 14.6. The van der Waals surface area contributed by atoms with Crippen molar-refractivity contribution >= 4 is 22.2 Å². The highest BCUT2D eigenvalue weighted by Crippen LogP contribution is 2.22. The van der Waals surface area contributed by atoms with Gasteiger partial charge < -0.3 is 4.74 Å². The van der Waals surface area contributed by atoms with Crippen molar-refractivity contribution in [3.63, 3.8) is 0 Å². The van der Waals surface area contributed by atoms with Crippen molar-refractivity contribution in [1.29, 1.82) is 0 Å². The van der Waals surface area contributed by atoms with E-state index in [9.17, 15) is 22.0 Å². The summed E-state index contributed by atoms with van der Waals surface area (Å²) in [5, 5.41) is -5.00. The molecule has 0 aliphatic heterocycles. The van der Waals surface area contributed by atoms with Crippen LogP contribution in [-0.4, -0.2) is 24.2 Å². The maximum atomic E-state index is 13.0. The summed E-state index contributed by atoms with van der Waals surface area (Å²) in [5.74, 6) is -2.34. The lowest BCUT2D eigenvalue weighted by Crippen LogP contribution is -2.38. The molecule has 0 aromatic heterocycles. The van der Waals surface area contributed by atoms with Crippen molar-refractivity contribution in [2.24, 2.45) is 0 Å². The molecule has 0 fully saturated rings. The summed E-state index contributed by atoms with van der Waals surface area (Å²) >= 11 is 0. The van der Waals surface area contributed by atoms with Gasteiger partial charge in [-0.15, -0.1) is 0 Å². The maximum absolute atomic E-state index is 13.0. The lowest BCUT2D eigenvalue weighted by Gasteiger charge is -2.12. The molecule has 140 valence electrons. The van der Waals surface area contributed by atoms with Crippen LogP contribution in [0.4, 0.5) is 8.78 Å². The summed E-state index contributed by atoms with van der Waals surface area (Å²) < 4.78 is 59.5. The molecule has 0 spiro atoms. The first-order valence-corrected chi connectivity index (χ1v) is 8.76. The van der Waals surface area contributed by atoms with Gasteiger partial charge in [0.05, 0.1) is 0 Å². The molecule has 0 atom stereocenters. The second-order valence-electron chi connectivity index (χ2n) is 5.17. The predicted octanol–water partition coefficient (Wildman–Crippen LogP) is 3.91. The van der Waals surface area contributed by atoms with E-state index in [-0.39, 0.29) is 0 Å². The molecule has 0 amide bonds. The van der Waals surface area contributed by atoms with Crippen molar-refractivity contribution in [3.8, 4) is 0 Å². The molecule has 0 bridgehead atoms. The number of carbonyl (C=O) groups excluding carboxylic acids is 1. The number of hydrogen-bond acceptors (Lipinski definition) is 4. The molecule has 1 rings (SSSR count). The zero-order chi connectivity index (χ0) is 19.8. The van der Waals surface area contributed by atoms with E-state index in [1.165, 1.54) is 12.1 Å². The Hall–Kier alpha value is -2.58. The SMILES string of the molecule is C=C/C=C\C(=C)C/C=C\c1ccc(COC(=O)C(F)(F)S(=O)(=O)O)cc1. The minimum absolute atomic E-state index is 0.375. The van der Waals surface area contributed by atoms with Crippen LogP contribution < -0.4 is 0 Å². The molecular weight excluding hydrogens is 366 g/mol. The quantitative estimate of drug-likeness (QED) is 0.397. The molecule has 5 nitrogen and oxygen atoms in total. The van der Waals surface area contributed by atoms with Gasteiger partial charge >= 0.3 is 21.3 Å². The van der Waals surface area contributed by atoms with Gasteiger partial charge in [0, 0.05) is 0 Å². The number of alkyl halides is 2. The second-order valence-corrected chi connectivity index (χ2v) is 6.63. The smallest absolute Gasteiger partial charge is 0.455 e. The molecule has 26 heavy (non-hydrogen) atoms. The summed E-state index contributed by atoms with van der Waals surface area (Å²) in [6.45, 7) is 6.86. The van der Waals surface area contributed by atoms with Crippen LogP contribution in [0.2, 0.25) is 0 Å². The third-order valence-electron chi connectivity index (χ3n) is 3.07. The average molecular weight is 384 g/mol. The monoisotopic (exact) mass is 384 g/mol. The molecule has 1 aromatic carbocycles. The molecule has 8 heteroatoms. The Labute approximate surface area is 150 Å². The maximum Gasteiger partial charge on any atom is 0.465 e. The number of halogens is 2. The topological polar surface area (TPSA) is 80.7 Å². The standard InChI is InChI=1S/C18H18F2O5S/c1-3-4-6-14(2)7-5-8-15-9-11-16(12-10-15)13-25-17(21)18(19,20)26(22,23)24/h3-6,8-12H,1-2,7,13H2,(H,22,23,24)/b6-4-,8-5-. The zero-order valence-electron chi connectivity index (χ0n) is 13.8. The van der Waals surface area contributed by atoms with E-state index in [2.05, 4.69) is 17.9 Å². The van der Waals surface area contributed by atoms with Crippen LogP contribution in [0.5, 0.6) is 0 Å².